The van der Waals surface area contributed by atoms with Crippen LogP contribution in [0.15, 0.2) is 34.2 Å². The van der Waals surface area contributed by atoms with E-state index in [0.717, 1.165) is 22.6 Å². The van der Waals surface area contributed by atoms with Crippen LogP contribution in [0.25, 0.3) is 23.0 Å². The Morgan fingerprint density at radius 1 is 1.30 bits per heavy atom. The Labute approximate surface area is 120 Å². The fourth-order valence-corrected chi connectivity index (χ4v) is 2.66. The van der Waals surface area contributed by atoms with Crippen molar-refractivity contribution >= 4 is 11.3 Å². The van der Waals surface area contributed by atoms with Gasteiger partial charge in [0.05, 0.1) is 5.01 Å². The molecule has 3 rings (SSSR count). The van der Waals surface area contributed by atoms with Gasteiger partial charge in [0.15, 0.2) is 0 Å². The monoisotopic (exact) mass is 286 g/mol. The second kappa shape index (κ2) is 5.52. The maximum Gasteiger partial charge on any atom is 0.277 e. The van der Waals surface area contributed by atoms with E-state index < -0.39 is 0 Å². The van der Waals surface area contributed by atoms with Crippen LogP contribution in [0.2, 0.25) is 0 Å². The SMILES string of the molecule is Cc1cccc(-c2noc(-c3csc(CCN)n3)n2)c1. The van der Waals surface area contributed by atoms with Gasteiger partial charge in [-0.2, -0.15) is 4.98 Å². The molecular formula is C14H14N4OS. The number of thiazole rings is 1. The molecule has 6 heteroatoms. The molecule has 20 heavy (non-hydrogen) atoms. The summed E-state index contributed by atoms with van der Waals surface area (Å²) in [6, 6.07) is 7.99. The molecule has 0 spiro atoms. The van der Waals surface area contributed by atoms with Crippen molar-refractivity contribution in [2.45, 2.75) is 13.3 Å². The molecular weight excluding hydrogens is 272 g/mol. The van der Waals surface area contributed by atoms with Gasteiger partial charge in [0.1, 0.15) is 5.69 Å². The van der Waals surface area contributed by atoms with Crippen molar-refractivity contribution < 1.29 is 4.52 Å². The van der Waals surface area contributed by atoms with E-state index in [1.165, 1.54) is 0 Å². The third-order valence-electron chi connectivity index (χ3n) is 2.83. The summed E-state index contributed by atoms with van der Waals surface area (Å²) in [6.45, 7) is 2.62. The smallest absolute Gasteiger partial charge is 0.277 e. The third kappa shape index (κ3) is 2.61. The average Bonchev–Trinajstić information content (AvgIpc) is 3.07. The summed E-state index contributed by atoms with van der Waals surface area (Å²) in [4.78, 5) is 8.84. The van der Waals surface area contributed by atoms with Crippen molar-refractivity contribution in [3.63, 3.8) is 0 Å². The fraction of sp³-hybridized carbons (Fsp3) is 0.214. The van der Waals surface area contributed by atoms with Gasteiger partial charge in [0.25, 0.3) is 5.89 Å². The minimum Gasteiger partial charge on any atom is -0.332 e. The zero-order valence-corrected chi connectivity index (χ0v) is 11.9. The van der Waals surface area contributed by atoms with Crippen molar-refractivity contribution in [2.75, 3.05) is 6.54 Å². The first-order chi connectivity index (χ1) is 9.76. The molecule has 0 aliphatic rings. The Hall–Kier alpha value is -2.05. The molecule has 0 aliphatic heterocycles. The van der Waals surface area contributed by atoms with Crippen LogP contribution in [0, 0.1) is 6.92 Å². The summed E-state index contributed by atoms with van der Waals surface area (Å²) >= 11 is 1.56. The lowest BCUT2D eigenvalue weighted by molar-refractivity contribution is 0.431. The van der Waals surface area contributed by atoms with E-state index >= 15 is 0 Å². The van der Waals surface area contributed by atoms with E-state index in [1.807, 2.05) is 36.6 Å². The molecule has 0 aliphatic carbocycles. The predicted octanol–water partition coefficient (Wildman–Crippen LogP) is 2.67. The van der Waals surface area contributed by atoms with Crippen molar-refractivity contribution in [3.8, 4) is 23.0 Å². The quantitative estimate of drug-likeness (QED) is 0.797. The zero-order chi connectivity index (χ0) is 13.9. The van der Waals surface area contributed by atoms with Gasteiger partial charge >= 0.3 is 0 Å². The van der Waals surface area contributed by atoms with Crippen LogP contribution in [-0.2, 0) is 6.42 Å². The van der Waals surface area contributed by atoms with Gasteiger partial charge in [-0.1, -0.05) is 28.9 Å². The van der Waals surface area contributed by atoms with E-state index in [2.05, 4.69) is 15.1 Å². The number of nitrogens with zero attached hydrogens (tertiary/aromatic N) is 3. The summed E-state index contributed by atoms with van der Waals surface area (Å²) in [7, 11) is 0. The van der Waals surface area contributed by atoms with E-state index in [-0.39, 0.29) is 0 Å². The van der Waals surface area contributed by atoms with Gasteiger partial charge in [-0.3, -0.25) is 0 Å². The number of aromatic nitrogens is 3. The maximum absolute atomic E-state index is 5.52. The van der Waals surface area contributed by atoms with E-state index in [0.29, 0.717) is 24.0 Å². The Balaban J connectivity index is 1.89. The highest BCUT2D eigenvalue weighted by molar-refractivity contribution is 7.09. The number of hydrogen-bond donors (Lipinski definition) is 1. The second-order valence-electron chi connectivity index (χ2n) is 4.46. The number of rotatable bonds is 4. The highest BCUT2D eigenvalue weighted by Gasteiger charge is 2.13. The van der Waals surface area contributed by atoms with Crippen LogP contribution >= 0.6 is 11.3 Å². The molecule has 0 amide bonds. The lowest BCUT2D eigenvalue weighted by Gasteiger charge is -1.94. The minimum atomic E-state index is 0.445. The Kier molecular flexibility index (Phi) is 3.58. The molecule has 102 valence electrons. The minimum absolute atomic E-state index is 0.445. The number of benzene rings is 1. The van der Waals surface area contributed by atoms with E-state index in [4.69, 9.17) is 10.3 Å². The van der Waals surface area contributed by atoms with Crippen LogP contribution in [0.1, 0.15) is 10.6 Å². The first-order valence-corrected chi connectivity index (χ1v) is 7.20. The lowest BCUT2D eigenvalue weighted by Crippen LogP contribution is -2.01. The lowest BCUT2D eigenvalue weighted by atomic mass is 10.1. The molecule has 0 saturated carbocycles. The van der Waals surface area contributed by atoms with E-state index in [1.54, 1.807) is 11.3 Å². The normalized spacial score (nSPS) is 10.9. The second-order valence-corrected chi connectivity index (χ2v) is 5.40. The van der Waals surface area contributed by atoms with Gasteiger partial charge in [0.2, 0.25) is 5.82 Å². The van der Waals surface area contributed by atoms with Gasteiger partial charge in [-0.15, -0.1) is 11.3 Å². The highest BCUT2D eigenvalue weighted by Crippen LogP contribution is 2.24. The molecule has 2 N–H and O–H groups in total. The maximum atomic E-state index is 5.52. The standard InChI is InChI=1S/C14H14N4OS/c1-9-3-2-4-10(7-9)13-17-14(19-18-13)11-8-20-12(16-11)5-6-15/h2-4,7-8H,5-6,15H2,1H3. The molecule has 0 radical (unpaired) electrons. The average molecular weight is 286 g/mol. The van der Waals surface area contributed by atoms with Crippen molar-refractivity contribution in [1.82, 2.24) is 15.1 Å². The van der Waals surface area contributed by atoms with Crippen molar-refractivity contribution in [3.05, 3.63) is 40.2 Å². The Morgan fingerprint density at radius 3 is 3.00 bits per heavy atom. The van der Waals surface area contributed by atoms with Crippen LogP contribution in [-0.4, -0.2) is 21.7 Å². The number of hydrogen-bond acceptors (Lipinski definition) is 6. The summed E-state index contributed by atoms with van der Waals surface area (Å²) in [5.41, 5.74) is 8.33. The topological polar surface area (TPSA) is 77.8 Å². The summed E-state index contributed by atoms with van der Waals surface area (Å²) < 4.78 is 5.29. The van der Waals surface area contributed by atoms with E-state index in [9.17, 15) is 0 Å². The molecule has 1 aromatic carbocycles. The summed E-state index contributed by atoms with van der Waals surface area (Å²) in [5, 5.41) is 6.91. The third-order valence-corrected chi connectivity index (χ3v) is 3.74. The fourth-order valence-electron chi connectivity index (χ4n) is 1.88. The van der Waals surface area contributed by atoms with Crippen LogP contribution < -0.4 is 5.73 Å². The first-order valence-electron chi connectivity index (χ1n) is 6.32. The van der Waals surface area contributed by atoms with Gasteiger partial charge < -0.3 is 10.3 Å². The first kappa shape index (κ1) is 13.0. The molecule has 2 heterocycles. The Bertz CT molecular complexity index is 719. The van der Waals surface area contributed by atoms with Crippen molar-refractivity contribution in [2.24, 2.45) is 5.73 Å². The van der Waals surface area contributed by atoms with Gasteiger partial charge in [-0.05, 0) is 19.5 Å². The van der Waals surface area contributed by atoms with Crippen LogP contribution in [0.4, 0.5) is 0 Å². The van der Waals surface area contributed by atoms with Crippen molar-refractivity contribution in [1.29, 1.82) is 0 Å². The summed E-state index contributed by atoms with van der Waals surface area (Å²) in [6.07, 6.45) is 0.767. The molecule has 0 unspecified atom stereocenters. The largest absolute Gasteiger partial charge is 0.332 e. The summed E-state index contributed by atoms with van der Waals surface area (Å²) in [5.74, 6) is 1.03. The molecule has 2 aromatic heterocycles. The number of aryl methyl sites for hydroxylation is 1. The predicted molar refractivity (Wildman–Crippen MR) is 78.3 cm³/mol. The molecule has 0 atom stereocenters. The van der Waals surface area contributed by atoms with Gasteiger partial charge in [-0.25, -0.2) is 4.98 Å². The zero-order valence-electron chi connectivity index (χ0n) is 11.0. The number of nitrogens with two attached hydrogens (primary N) is 1. The Morgan fingerprint density at radius 2 is 2.20 bits per heavy atom. The van der Waals surface area contributed by atoms with Crippen LogP contribution in [0.3, 0.4) is 0 Å². The molecule has 5 nitrogen and oxygen atoms in total. The van der Waals surface area contributed by atoms with Gasteiger partial charge in [0, 0.05) is 17.4 Å². The van der Waals surface area contributed by atoms with Crippen LogP contribution in [0.5, 0.6) is 0 Å². The molecule has 3 aromatic rings. The highest BCUT2D eigenvalue weighted by atomic mass is 32.1. The molecule has 0 saturated heterocycles. The molecule has 0 fully saturated rings. The molecule has 0 bridgehead atoms.